The first kappa shape index (κ1) is 15.6. The Morgan fingerprint density at radius 2 is 2.25 bits per heavy atom. The van der Waals surface area contributed by atoms with Gasteiger partial charge in [-0.3, -0.25) is 14.9 Å². The van der Waals surface area contributed by atoms with Crippen LogP contribution in [0.1, 0.15) is 16.8 Å². The van der Waals surface area contributed by atoms with Crippen molar-refractivity contribution in [3.63, 3.8) is 0 Å². The van der Waals surface area contributed by atoms with Crippen LogP contribution < -0.4 is 5.32 Å². The second-order valence-electron chi connectivity index (χ2n) is 3.90. The molecule has 0 heterocycles. The summed E-state index contributed by atoms with van der Waals surface area (Å²) in [5.41, 5.74) is -0.533. The lowest BCUT2D eigenvalue weighted by Crippen LogP contribution is -2.28. The zero-order valence-corrected chi connectivity index (χ0v) is 10.9. The molecular weight excluding hydrogens is 264 g/mol. The highest BCUT2D eigenvalue weighted by molar-refractivity contribution is 5.98. The molecule has 108 valence electrons. The second-order valence-corrected chi connectivity index (χ2v) is 3.90. The maximum atomic E-state index is 11.8. The van der Waals surface area contributed by atoms with Crippen molar-refractivity contribution in [2.75, 3.05) is 19.8 Å². The van der Waals surface area contributed by atoms with Gasteiger partial charge < -0.3 is 15.2 Å². The van der Waals surface area contributed by atoms with E-state index in [1.54, 1.807) is 6.08 Å². The Morgan fingerprint density at radius 3 is 2.90 bits per heavy atom. The van der Waals surface area contributed by atoms with E-state index in [4.69, 9.17) is 4.74 Å². The van der Waals surface area contributed by atoms with E-state index in [9.17, 15) is 20.0 Å². The SMILES string of the molecule is C=CCCOCCNC(=O)c1cc(O)ccc1[N+](=O)[O-]. The van der Waals surface area contributed by atoms with Crippen LogP contribution in [0.4, 0.5) is 5.69 Å². The number of amides is 1. The molecule has 0 spiro atoms. The number of nitrogens with one attached hydrogen (secondary N) is 1. The van der Waals surface area contributed by atoms with Gasteiger partial charge in [0, 0.05) is 12.6 Å². The smallest absolute Gasteiger partial charge is 0.282 e. The van der Waals surface area contributed by atoms with E-state index in [1.807, 2.05) is 0 Å². The molecule has 0 unspecified atom stereocenters. The first-order chi connectivity index (χ1) is 9.56. The van der Waals surface area contributed by atoms with Crippen molar-refractivity contribution in [2.24, 2.45) is 0 Å². The Hall–Kier alpha value is -2.41. The summed E-state index contributed by atoms with van der Waals surface area (Å²) in [6, 6.07) is 3.31. The van der Waals surface area contributed by atoms with Crippen LogP contribution in [-0.2, 0) is 4.74 Å². The van der Waals surface area contributed by atoms with Gasteiger partial charge in [-0.25, -0.2) is 0 Å². The molecule has 7 heteroatoms. The molecule has 20 heavy (non-hydrogen) atoms. The van der Waals surface area contributed by atoms with Gasteiger partial charge >= 0.3 is 0 Å². The van der Waals surface area contributed by atoms with Crippen LogP contribution >= 0.6 is 0 Å². The van der Waals surface area contributed by atoms with Gasteiger partial charge in [0.25, 0.3) is 11.6 Å². The van der Waals surface area contributed by atoms with Gasteiger partial charge in [-0.05, 0) is 18.6 Å². The number of carbonyl (C=O) groups is 1. The molecule has 1 rings (SSSR count). The average Bonchev–Trinajstić information content (AvgIpc) is 2.42. The summed E-state index contributed by atoms with van der Waals surface area (Å²) in [6.45, 7) is 4.57. The minimum absolute atomic E-state index is 0.180. The number of hydrogen-bond donors (Lipinski definition) is 2. The molecule has 0 saturated heterocycles. The van der Waals surface area contributed by atoms with E-state index in [0.717, 1.165) is 18.2 Å². The number of nitrogens with zero attached hydrogens (tertiary/aromatic N) is 1. The van der Waals surface area contributed by atoms with Gasteiger partial charge in [-0.15, -0.1) is 6.58 Å². The van der Waals surface area contributed by atoms with Gasteiger partial charge in [0.2, 0.25) is 0 Å². The molecular formula is C13H16N2O5. The average molecular weight is 280 g/mol. The topological polar surface area (TPSA) is 102 Å². The monoisotopic (exact) mass is 280 g/mol. The van der Waals surface area contributed by atoms with Gasteiger partial charge in [0.05, 0.1) is 18.1 Å². The molecule has 0 saturated carbocycles. The van der Waals surface area contributed by atoms with Crippen molar-refractivity contribution >= 4 is 11.6 Å². The quantitative estimate of drug-likeness (QED) is 0.326. The molecule has 0 radical (unpaired) electrons. The minimum Gasteiger partial charge on any atom is -0.508 e. The molecule has 0 bridgehead atoms. The summed E-state index contributed by atoms with van der Waals surface area (Å²) in [5, 5.41) is 22.6. The van der Waals surface area contributed by atoms with Gasteiger partial charge in [-0.1, -0.05) is 6.08 Å². The van der Waals surface area contributed by atoms with E-state index in [2.05, 4.69) is 11.9 Å². The number of aromatic hydroxyl groups is 1. The van der Waals surface area contributed by atoms with Crippen LogP contribution in [0.5, 0.6) is 5.75 Å². The first-order valence-electron chi connectivity index (χ1n) is 6.00. The van der Waals surface area contributed by atoms with Crippen molar-refractivity contribution in [3.05, 3.63) is 46.5 Å². The van der Waals surface area contributed by atoms with Crippen LogP contribution in [0.3, 0.4) is 0 Å². The molecule has 1 aromatic carbocycles. The summed E-state index contributed by atoms with van der Waals surface area (Å²) >= 11 is 0. The zero-order valence-electron chi connectivity index (χ0n) is 10.9. The van der Waals surface area contributed by atoms with Crippen molar-refractivity contribution in [2.45, 2.75) is 6.42 Å². The summed E-state index contributed by atoms with van der Waals surface area (Å²) < 4.78 is 5.19. The molecule has 0 fully saturated rings. The zero-order chi connectivity index (χ0) is 15.0. The van der Waals surface area contributed by atoms with Crippen LogP contribution in [0.25, 0.3) is 0 Å². The lowest BCUT2D eigenvalue weighted by molar-refractivity contribution is -0.385. The van der Waals surface area contributed by atoms with E-state index < -0.39 is 10.8 Å². The molecule has 0 aliphatic heterocycles. The largest absolute Gasteiger partial charge is 0.508 e. The van der Waals surface area contributed by atoms with E-state index in [1.165, 1.54) is 0 Å². The number of nitro benzene ring substituents is 1. The Kier molecular flexibility index (Phi) is 6.18. The fraction of sp³-hybridized carbons (Fsp3) is 0.308. The number of benzene rings is 1. The number of rotatable bonds is 8. The summed E-state index contributed by atoms with van der Waals surface area (Å²) in [5.74, 6) is -0.831. The number of phenols is 1. The predicted molar refractivity (Wildman–Crippen MR) is 72.7 cm³/mol. The summed E-state index contributed by atoms with van der Waals surface area (Å²) in [6.07, 6.45) is 2.43. The fourth-order valence-electron chi connectivity index (χ4n) is 1.47. The van der Waals surface area contributed by atoms with Crippen molar-refractivity contribution in [3.8, 4) is 5.75 Å². The molecule has 0 aromatic heterocycles. The van der Waals surface area contributed by atoms with Crippen LogP contribution in [0.2, 0.25) is 0 Å². The summed E-state index contributed by atoms with van der Waals surface area (Å²) in [7, 11) is 0. The maximum Gasteiger partial charge on any atom is 0.282 e. The second kappa shape index (κ2) is 7.90. The predicted octanol–water partition coefficient (Wildman–Crippen LogP) is 1.62. The lowest BCUT2D eigenvalue weighted by Gasteiger charge is -2.06. The first-order valence-corrected chi connectivity index (χ1v) is 6.00. The van der Waals surface area contributed by atoms with Crippen molar-refractivity contribution < 1.29 is 19.6 Å². The molecule has 0 aliphatic rings. The molecule has 7 nitrogen and oxygen atoms in total. The Labute approximate surface area is 116 Å². The summed E-state index contributed by atoms with van der Waals surface area (Å²) in [4.78, 5) is 21.9. The third kappa shape index (κ3) is 4.69. The molecule has 0 aliphatic carbocycles. The highest BCUT2D eigenvalue weighted by atomic mass is 16.6. The maximum absolute atomic E-state index is 11.8. The number of hydrogen-bond acceptors (Lipinski definition) is 5. The van der Waals surface area contributed by atoms with Gasteiger partial charge in [-0.2, -0.15) is 0 Å². The van der Waals surface area contributed by atoms with E-state index in [-0.39, 0.29) is 23.5 Å². The van der Waals surface area contributed by atoms with E-state index in [0.29, 0.717) is 19.6 Å². The molecule has 1 aromatic rings. The van der Waals surface area contributed by atoms with Crippen LogP contribution in [0, 0.1) is 10.1 Å². The Balaban J connectivity index is 2.56. The van der Waals surface area contributed by atoms with E-state index >= 15 is 0 Å². The minimum atomic E-state index is -0.672. The van der Waals surface area contributed by atoms with Crippen molar-refractivity contribution in [1.82, 2.24) is 5.32 Å². The van der Waals surface area contributed by atoms with Crippen LogP contribution in [-0.4, -0.2) is 35.7 Å². The van der Waals surface area contributed by atoms with Crippen LogP contribution in [0.15, 0.2) is 30.9 Å². The van der Waals surface area contributed by atoms with Crippen molar-refractivity contribution in [1.29, 1.82) is 0 Å². The van der Waals surface area contributed by atoms with Gasteiger partial charge in [0.1, 0.15) is 11.3 Å². The lowest BCUT2D eigenvalue weighted by atomic mass is 10.1. The highest BCUT2D eigenvalue weighted by Crippen LogP contribution is 2.22. The third-order valence-corrected chi connectivity index (χ3v) is 2.42. The Bertz CT molecular complexity index is 502. The number of phenolic OH excluding ortho intramolecular Hbond substituents is 1. The normalized spacial score (nSPS) is 10.0. The highest BCUT2D eigenvalue weighted by Gasteiger charge is 2.20. The third-order valence-electron chi connectivity index (χ3n) is 2.42. The number of carbonyl (C=O) groups excluding carboxylic acids is 1. The molecule has 2 N–H and O–H groups in total. The number of nitro groups is 1. The van der Waals surface area contributed by atoms with Gasteiger partial charge in [0.15, 0.2) is 0 Å². The molecule has 0 atom stereocenters. The Morgan fingerprint density at radius 1 is 1.50 bits per heavy atom. The number of ether oxygens (including phenoxy) is 1. The molecule has 1 amide bonds. The fourth-order valence-corrected chi connectivity index (χ4v) is 1.47. The standard InChI is InChI=1S/C13H16N2O5/c1-2-3-7-20-8-6-14-13(17)11-9-10(16)4-5-12(11)15(18)19/h2,4-5,9,16H,1,3,6-8H2,(H,14,17).